The molecule has 0 spiro atoms. The minimum absolute atomic E-state index is 0.0332. The van der Waals surface area contributed by atoms with Crippen molar-refractivity contribution >= 4 is 50.2 Å². The first-order chi connectivity index (χ1) is 15.5. The summed E-state index contributed by atoms with van der Waals surface area (Å²) in [7, 11) is -5.79. The maximum Gasteiger partial charge on any atom is 0.534 e. The van der Waals surface area contributed by atoms with Crippen molar-refractivity contribution in [3.05, 3.63) is 64.2 Å². The summed E-state index contributed by atoms with van der Waals surface area (Å²) >= 11 is 8.72. The third-order valence-electron chi connectivity index (χ3n) is 6.43. The van der Waals surface area contributed by atoms with Crippen LogP contribution in [-0.4, -0.2) is 26.4 Å². The molecule has 2 aromatic rings. The highest BCUT2D eigenvalue weighted by molar-refractivity contribution is 14.1. The van der Waals surface area contributed by atoms with Crippen LogP contribution < -0.4 is 9.50 Å². The fraction of sp³-hybridized carbons (Fsp3) is 0.409. The zero-order chi connectivity index (χ0) is 24.0. The van der Waals surface area contributed by atoms with E-state index >= 15 is 0 Å². The molecule has 1 N–H and O–H groups in total. The highest BCUT2D eigenvalue weighted by Crippen LogP contribution is 2.52. The molecule has 0 radical (unpaired) electrons. The summed E-state index contributed by atoms with van der Waals surface area (Å²) in [6.07, 6.45) is 1.33. The Hall–Kier alpha value is -1.53. The minimum Gasteiger partial charge on any atom is -0.376 e. The van der Waals surface area contributed by atoms with Crippen molar-refractivity contribution < 1.29 is 30.6 Å². The van der Waals surface area contributed by atoms with Gasteiger partial charge in [0.2, 0.25) is 5.91 Å². The van der Waals surface area contributed by atoms with Crippen LogP contribution in [0.25, 0.3) is 0 Å². The lowest BCUT2D eigenvalue weighted by Gasteiger charge is -2.40. The number of nitrogens with one attached hydrogen (secondary N) is 1. The van der Waals surface area contributed by atoms with Crippen molar-refractivity contribution in [2.45, 2.75) is 34.6 Å². The standard InChI is InChI=1S/C22H20ClF3INO4S/c23-19-9-14(32-33(30,31)22(24,25)26)5-6-15(19)16-7-8-17-18(11-28-21(17)29)20(16)13-3-1-12(10-27)2-4-13/h1-6,9,16-18,20H,7-8,10-11H2,(H,28,29)/t16-,17+,18+,20-/m0/s1. The van der Waals surface area contributed by atoms with Gasteiger partial charge in [0.05, 0.1) is 0 Å². The zero-order valence-corrected chi connectivity index (χ0v) is 20.8. The number of rotatable bonds is 5. The Labute approximate surface area is 208 Å². The maximum atomic E-state index is 12.7. The van der Waals surface area contributed by atoms with E-state index in [9.17, 15) is 26.4 Å². The number of amides is 1. The number of carbonyl (C=O) groups is 1. The first-order valence-electron chi connectivity index (χ1n) is 10.2. The van der Waals surface area contributed by atoms with Crippen LogP contribution >= 0.6 is 34.2 Å². The molecule has 1 amide bonds. The Kier molecular flexibility index (Phi) is 6.90. The fourth-order valence-electron chi connectivity index (χ4n) is 4.94. The molecule has 11 heteroatoms. The molecular formula is C22H20ClF3INO4S. The van der Waals surface area contributed by atoms with Gasteiger partial charge in [-0.2, -0.15) is 21.6 Å². The van der Waals surface area contributed by atoms with E-state index in [1.165, 1.54) is 17.7 Å². The molecule has 2 fully saturated rings. The predicted molar refractivity (Wildman–Crippen MR) is 126 cm³/mol. The van der Waals surface area contributed by atoms with E-state index in [-0.39, 0.29) is 34.6 Å². The molecule has 4 atom stereocenters. The van der Waals surface area contributed by atoms with Gasteiger partial charge in [-0.25, -0.2) is 0 Å². The Bertz CT molecular complexity index is 1160. The van der Waals surface area contributed by atoms with E-state index in [1.807, 2.05) is 12.1 Å². The first-order valence-corrected chi connectivity index (χ1v) is 13.6. The van der Waals surface area contributed by atoms with E-state index in [1.54, 1.807) is 0 Å². The van der Waals surface area contributed by atoms with Gasteiger partial charge in [-0.05, 0) is 53.4 Å². The molecule has 1 heterocycles. The van der Waals surface area contributed by atoms with Crippen molar-refractivity contribution in [2.75, 3.05) is 6.54 Å². The van der Waals surface area contributed by atoms with E-state index in [0.29, 0.717) is 24.9 Å². The van der Waals surface area contributed by atoms with Crippen molar-refractivity contribution in [2.24, 2.45) is 11.8 Å². The predicted octanol–water partition coefficient (Wildman–Crippen LogP) is 5.53. The molecule has 0 bridgehead atoms. The molecule has 33 heavy (non-hydrogen) atoms. The Morgan fingerprint density at radius 1 is 1.09 bits per heavy atom. The molecule has 2 aromatic carbocycles. The smallest absolute Gasteiger partial charge is 0.376 e. The molecular weight excluding hydrogens is 594 g/mol. The summed E-state index contributed by atoms with van der Waals surface area (Å²) in [5.41, 5.74) is -2.60. The summed E-state index contributed by atoms with van der Waals surface area (Å²) in [6.45, 7) is 0.543. The number of hydrogen-bond donors (Lipinski definition) is 1. The van der Waals surface area contributed by atoms with Crippen LogP contribution in [0.15, 0.2) is 42.5 Å². The SMILES string of the molecule is O=C1NC[C@H]2[C@@H](c3ccc(CI)cc3)[C@H](c3ccc(OS(=O)(=O)C(F)(F)F)cc3Cl)CC[C@@H]12. The van der Waals surface area contributed by atoms with Crippen molar-refractivity contribution in [3.8, 4) is 5.75 Å². The fourth-order valence-corrected chi connectivity index (χ4v) is 6.21. The number of benzene rings is 2. The van der Waals surface area contributed by atoms with Crippen LogP contribution in [-0.2, 0) is 19.3 Å². The summed E-state index contributed by atoms with van der Waals surface area (Å²) in [6, 6.07) is 12.0. The van der Waals surface area contributed by atoms with Crippen LogP contribution in [0.4, 0.5) is 13.2 Å². The van der Waals surface area contributed by atoms with E-state index < -0.39 is 21.4 Å². The van der Waals surface area contributed by atoms with Crippen LogP contribution in [0.1, 0.15) is 41.4 Å². The van der Waals surface area contributed by atoms with E-state index in [2.05, 4.69) is 44.2 Å². The minimum atomic E-state index is -5.79. The monoisotopic (exact) mass is 613 g/mol. The van der Waals surface area contributed by atoms with Crippen molar-refractivity contribution in [1.82, 2.24) is 5.32 Å². The lowest BCUT2D eigenvalue weighted by molar-refractivity contribution is -0.123. The number of alkyl halides is 4. The van der Waals surface area contributed by atoms with Crippen LogP contribution in [0.3, 0.4) is 0 Å². The van der Waals surface area contributed by atoms with Gasteiger partial charge in [0.1, 0.15) is 5.75 Å². The van der Waals surface area contributed by atoms with Crippen LogP contribution in [0, 0.1) is 11.8 Å². The Morgan fingerprint density at radius 2 is 1.76 bits per heavy atom. The maximum absolute atomic E-state index is 12.7. The third kappa shape index (κ3) is 4.84. The molecule has 1 aliphatic heterocycles. The van der Waals surface area contributed by atoms with Crippen LogP contribution in [0.5, 0.6) is 5.75 Å². The first kappa shape index (κ1) is 24.6. The van der Waals surface area contributed by atoms with Crippen LogP contribution in [0.2, 0.25) is 5.02 Å². The summed E-state index contributed by atoms with van der Waals surface area (Å²) in [5, 5.41) is 3.08. The molecule has 0 unspecified atom stereocenters. The average Bonchev–Trinajstić information content (AvgIpc) is 3.13. The number of halogens is 5. The lowest BCUT2D eigenvalue weighted by Crippen LogP contribution is -2.32. The summed E-state index contributed by atoms with van der Waals surface area (Å²) < 4.78 is 65.7. The van der Waals surface area contributed by atoms with Crippen molar-refractivity contribution in [1.29, 1.82) is 0 Å². The number of fused-ring (bicyclic) bond motifs is 1. The second-order valence-electron chi connectivity index (χ2n) is 8.27. The molecule has 1 saturated heterocycles. The van der Waals surface area contributed by atoms with E-state index in [0.717, 1.165) is 16.1 Å². The molecule has 5 nitrogen and oxygen atoms in total. The van der Waals surface area contributed by atoms with Crippen molar-refractivity contribution in [3.63, 3.8) is 0 Å². The largest absolute Gasteiger partial charge is 0.534 e. The van der Waals surface area contributed by atoms with Gasteiger partial charge in [-0.15, -0.1) is 0 Å². The second-order valence-corrected chi connectivity index (χ2v) is 11.0. The molecule has 1 saturated carbocycles. The summed E-state index contributed by atoms with van der Waals surface area (Å²) in [5.74, 6) is -0.637. The molecule has 178 valence electrons. The highest BCUT2D eigenvalue weighted by Gasteiger charge is 2.49. The van der Waals surface area contributed by atoms with Gasteiger partial charge < -0.3 is 9.50 Å². The average molecular weight is 614 g/mol. The number of carbonyl (C=O) groups excluding carboxylic acids is 1. The second kappa shape index (κ2) is 9.26. The normalized spacial score (nSPS) is 25.4. The summed E-state index contributed by atoms with van der Waals surface area (Å²) in [4.78, 5) is 12.4. The van der Waals surface area contributed by atoms with E-state index in [4.69, 9.17) is 11.6 Å². The lowest BCUT2D eigenvalue weighted by atomic mass is 9.63. The van der Waals surface area contributed by atoms with Gasteiger partial charge >= 0.3 is 15.6 Å². The highest BCUT2D eigenvalue weighted by atomic mass is 127. The van der Waals surface area contributed by atoms with Gasteiger partial charge in [0.15, 0.2) is 0 Å². The molecule has 0 aromatic heterocycles. The molecule has 1 aliphatic carbocycles. The van der Waals surface area contributed by atoms with Gasteiger partial charge in [0.25, 0.3) is 0 Å². The molecule has 2 aliphatic rings. The van der Waals surface area contributed by atoms with Gasteiger partial charge in [0, 0.05) is 28.0 Å². The Morgan fingerprint density at radius 3 is 2.36 bits per heavy atom. The Balaban J connectivity index is 1.69. The zero-order valence-electron chi connectivity index (χ0n) is 17.1. The quantitative estimate of drug-likeness (QED) is 0.209. The molecule has 4 rings (SSSR count). The van der Waals surface area contributed by atoms with Gasteiger partial charge in [-0.3, -0.25) is 4.79 Å². The van der Waals surface area contributed by atoms with Gasteiger partial charge in [-0.1, -0.05) is 64.5 Å². The third-order valence-corrected chi connectivity index (χ3v) is 8.62. The topological polar surface area (TPSA) is 72.5 Å². The number of hydrogen-bond acceptors (Lipinski definition) is 4.